The molecule has 0 aromatic heterocycles. The van der Waals surface area contributed by atoms with E-state index in [0.717, 1.165) is 18.4 Å². The summed E-state index contributed by atoms with van der Waals surface area (Å²) in [4.78, 5) is 0. The van der Waals surface area contributed by atoms with Crippen LogP contribution in [0.15, 0.2) is 48.5 Å². The van der Waals surface area contributed by atoms with Crippen molar-refractivity contribution in [2.75, 3.05) is 5.32 Å². The van der Waals surface area contributed by atoms with Crippen molar-refractivity contribution in [3.63, 3.8) is 0 Å². The van der Waals surface area contributed by atoms with E-state index in [0.29, 0.717) is 5.75 Å². The van der Waals surface area contributed by atoms with E-state index in [1.54, 1.807) is 12.1 Å². The molecule has 100 valence electrons. The maximum Gasteiger partial charge on any atom is 0.115 e. The van der Waals surface area contributed by atoms with Crippen molar-refractivity contribution in [2.45, 2.75) is 32.7 Å². The Morgan fingerprint density at radius 3 is 2.63 bits per heavy atom. The van der Waals surface area contributed by atoms with E-state index < -0.39 is 0 Å². The molecule has 0 spiro atoms. The van der Waals surface area contributed by atoms with Crippen LogP contribution in [-0.4, -0.2) is 5.11 Å². The zero-order valence-electron chi connectivity index (χ0n) is 11.6. The highest BCUT2D eigenvalue weighted by Gasteiger charge is 2.08. The minimum atomic E-state index is 0.171. The van der Waals surface area contributed by atoms with Gasteiger partial charge in [-0.05, 0) is 42.7 Å². The van der Waals surface area contributed by atoms with Gasteiger partial charge in [0, 0.05) is 11.7 Å². The summed E-state index contributed by atoms with van der Waals surface area (Å²) in [5.41, 5.74) is 3.61. The number of phenols is 1. The van der Waals surface area contributed by atoms with Crippen molar-refractivity contribution in [3.05, 3.63) is 59.7 Å². The summed E-state index contributed by atoms with van der Waals surface area (Å²) in [5.74, 6) is 0.313. The molecule has 2 N–H and O–H groups in total. The van der Waals surface area contributed by atoms with Crippen LogP contribution in [0.3, 0.4) is 0 Å². The molecule has 0 amide bonds. The molecular weight excluding hydrogens is 234 g/mol. The van der Waals surface area contributed by atoms with Crippen LogP contribution in [0.5, 0.6) is 5.75 Å². The predicted molar refractivity (Wildman–Crippen MR) is 80.6 cm³/mol. The smallest absolute Gasteiger partial charge is 0.115 e. The predicted octanol–water partition coefficient (Wildman–Crippen LogP) is 4.52. The van der Waals surface area contributed by atoms with Crippen molar-refractivity contribution in [2.24, 2.45) is 0 Å². The molecule has 1 atom stereocenters. The standard InChI is InChI=1S/C17H21NO/c1-3-7-14-8-4-5-11-17(14)18-13(2)15-9-6-10-16(19)12-15/h4-6,8-13,18-19H,3,7H2,1-2H3. The number of hydrogen-bond donors (Lipinski definition) is 2. The molecule has 0 heterocycles. The Hall–Kier alpha value is -1.96. The van der Waals surface area contributed by atoms with Gasteiger partial charge in [-0.25, -0.2) is 0 Å². The van der Waals surface area contributed by atoms with Gasteiger partial charge in [0.25, 0.3) is 0 Å². The monoisotopic (exact) mass is 255 g/mol. The second-order valence-corrected chi connectivity index (χ2v) is 4.87. The van der Waals surface area contributed by atoms with Gasteiger partial charge in [0.05, 0.1) is 0 Å². The van der Waals surface area contributed by atoms with Crippen molar-refractivity contribution in [1.82, 2.24) is 0 Å². The molecular formula is C17H21NO. The molecule has 2 nitrogen and oxygen atoms in total. The molecule has 0 radical (unpaired) electrons. The highest BCUT2D eigenvalue weighted by molar-refractivity contribution is 5.52. The molecule has 0 saturated carbocycles. The molecule has 0 bridgehead atoms. The minimum Gasteiger partial charge on any atom is -0.508 e. The lowest BCUT2D eigenvalue weighted by Crippen LogP contribution is -2.08. The fourth-order valence-electron chi connectivity index (χ4n) is 2.26. The second-order valence-electron chi connectivity index (χ2n) is 4.87. The molecule has 0 aliphatic heterocycles. The zero-order valence-corrected chi connectivity index (χ0v) is 11.6. The SMILES string of the molecule is CCCc1ccccc1NC(C)c1cccc(O)c1. The lowest BCUT2D eigenvalue weighted by Gasteiger charge is -2.18. The average molecular weight is 255 g/mol. The van der Waals surface area contributed by atoms with Gasteiger partial charge in [0.2, 0.25) is 0 Å². The summed E-state index contributed by atoms with van der Waals surface area (Å²) in [6, 6.07) is 16.0. The van der Waals surface area contributed by atoms with E-state index in [2.05, 4.69) is 43.4 Å². The Labute approximate surface area is 115 Å². The van der Waals surface area contributed by atoms with Crippen LogP contribution in [0.2, 0.25) is 0 Å². The van der Waals surface area contributed by atoms with Crippen LogP contribution < -0.4 is 5.32 Å². The summed E-state index contributed by atoms with van der Waals surface area (Å²) in [6.45, 7) is 4.30. The second kappa shape index (κ2) is 6.28. The molecule has 2 rings (SSSR count). The Kier molecular flexibility index (Phi) is 4.45. The molecule has 1 unspecified atom stereocenters. The molecule has 0 fully saturated rings. The van der Waals surface area contributed by atoms with Gasteiger partial charge in [-0.15, -0.1) is 0 Å². The normalized spacial score (nSPS) is 12.1. The third-order valence-electron chi connectivity index (χ3n) is 3.28. The van der Waals surface area contributed by atoms with Gasteiger partial charge in [-0.3, -0.25) is 0 Å². The number of aromatic hydroxyl groups is 1. The van der Waals surface area contributed by atoms with Crippen LogP contribution in [0.4, 0.5) is 5.69 Å². The maximum absolute atomic E-state index is 9.54. The molecule has 2 aromatic rings. The first-order chi connectivity index (χ1) is 9.20. The first-order valence-corrected chi connectivity index (χ1v) is 6.84. The molecule has 0 aliphatic carbocycles. The van der Waals surface area contributed by atoms with Crippen molar-refractivity contribution >= 4 is 5.69 Å². The summed E-state index contributed by atoms with van der Waals surface area (Å²) in [6.07, 6.45) is 2.22. The summed E-state index contributed by atoms with van der Waals surface area (Å²) in [5, 5.41) is 13.1. The molecule has 0 aliphatic rings. The van der Waals surface area contributed by atoms with E-state index in [9.17, 15) is 5.11 Å². The Bertz CT molecular complexity index is 536. The first-order valence-electron chi connectivity index (χ1n) is 6.84. The van der Waals surface area contributed by atoms with Gasteiger partial charge in [-0.1, -0.05) is 43.7 Å². The van der Waals surface area contributed by atoms with Crippen LogP contribution in [0, 0.1) is 0 Å². The maximum atomic E-state index is 9.54. The Morgan fingerprint density at radius 2 is 1.89 bits per heavy atom. The zero-order chi connectivity index (χ0) is 13.7. The van der Waals surface area contributed by atoms with Gasteiger partial charge in [-0.2, -0.15) is 0 Å². The Morgan fingerprint density at radius 1 is 1.11 bits per heavy atom. The summed E-state index contributed by atoms with van der Waals surface area (Å²) >= 11 is 0. The van der Waals surface area contributed by atoms with E-state index >= 15 is 0 Å². The van der Waals surface area contributed by atoms with Crippen LogP contribution in [0.25, 0.3) is 0 Å². The average Bonchev–Trinajstić information content (AvgIpc) is 2.41. The fraction of sp³-hybridized carbons (Fsp3) is 0.294. The minimum absolute atomic E-state index is 0.171. The van der Waals surface area contributed by atoms with Crippen molar-refractivity contribution < 1.29 is 5.11 Å². The number of rotatable bonds is 5. The van der Waals surface area contributed by atoms with Gasteiger partial charge >= 0.3 is 0 Å². The lowest BCUT2D eigenvalue weighted by atomic mass is 10.0. The number of phenolic OH excluding ortho intramolecular Hbond substituents is 1. The van der Waals surface area contributed by atoms with Crippen LogP contribution >= 0.6 is 0 Å². The fourth-order valence-corrected chi connectivity index (χ4v) is 2.26. The molecule has 2 aromatic carbocycles. The van der Waals surface area contributed by atoms with Gasteiger partial charge < -0.3 is 10.4 Å². The third-order valence-corrected chi connectivity index (χ3v) is 3.28. The van der Waals surface area contributed by atoms with E-state index in [1.165, 1.54) is 11.3 Å². The molecule has 2 heteroatoms. The van der Waals surface area contributed by atoms with E-state index in [4.69, 9.17) is 0 Å². The third kappa shape index (κ3) is 3.50. The highest BCUT2D eigenvalue weighted by atomic mass is 16.3. The summed E-state index contributed by atoms with van der Waals surface area (Å²) < 4.78 is 0. The quantitative estimate of drug-likeness (QED) is 0.823. The number of hydrogen-bond acceptors (Lipinski definition) is 2. The number of anilines is 1. The van der Waals surface area contributed by atoms with Crippen LogP contribution in [0.1, 0.15) is 37.4 Å². The number of benzene rings is 2. The summed E-state index contributed by atoms with van der Waals surface area (Å²) in [7, 11) is 0. The Balaban J connectivity index is 2.16. The molecule has 0 saturated heterocycles. The van der Waals surface area contributed by atoms with E-state index in [1.807, 2.05) is 12.1 Å². The van der Waals surface area contributed by atoms with E-state index in [-0.39, 0.29) is 6.04 Å². The number of para-hydroxylation sites is 1. The largest absolute Gasteiger partial charge is 0.508 e. The number of aryl methyl sites for hydroxylation is 1. The van der Waals surface area contributed by atoms with Crippen molar-refractivity contribution in [1.29, 1.82) is 0 Å². The van der Waals surface area contributed by atoms with Crippen molar-refractivity contribution in [3.8, 4) is 5.75 Å². The van der Waals surface area contributed by atoms with Crippen LogP contribution in [-0.2, 0) is 6.42 Å². The topological polar surface area (TPSA) is 32.3 Å². The number of nitrogens with one attached hydrogen (secondary N) is 1. The highest BCUT2D eigenvalue weighted by Crippen LogP contribution is 2.25. The lowest BCUT2D eigenvalue weighted by molar-refractivity contribution is 0.474. The van der Waals surface area contributed by atoms with Gasteiger partial charge in [0.15, 0.2) is 0 Å². The van der Waals surface area contributed by atoms with Gasteiger partial charge in [0.1, 0.15) is 5.75 Å². The molecule has 19 heavy (non-hydrogen) atoms. The first kappa shape index (κ1) is 13.5.